The van der Waals surface area contributed by atoms with Crippen LogP contribution in [0.4, 0.5) is 10.2 Å². The molecule has 1 aromatic heterocycles. The maximum absolute atomic E-state index is 13.6. The molecule has 3 rings (SSSR count). The number of rotatable bonds is 9. The van der Waals surface area contributed by atoms with Crippen molar-refractivity contribution >= 4 is 11.7 Å². The molecule has 2 N–H and O–H groups in total. The number of anilines is 1. The van der Waals surface area contributed by atoms with Crippen molar-refractivity contribution in [2.24, 2.45) is 0 Å². The molecule has 29 heavy (non-hydrogen) atoms. The molecule has 150 valence electrons. The molecule has 0 bridgehead atoms. The van der Waals surface area contributed by atoms with E-state index in [4.69, 9.17) is 9.47 Å². The molecule has 0 aliphatic rings. The predicted molar refractivity (Wildman–Crippen MR) is 107 cm³/mol. The van der Waals surface area contributed by atoms with Gasteiger partial charge in [0.2, 0.25) is 0 Å². The molecule has 0 unspecified atom stereocenters. The highest BCUT2D eigenvalue weighted by atomic mass is 19.1. The van der Waals surface area contributed by atoms with Crippen LogP contribution >= 0.6 is 0 Å². The fraction of sp³-hybridized carbons (Fsp3) is 0.190. The number of amides is 1. The average Bonchev–Trinajstić information content (AvgIpc) is 2.77. The number of aromatic nitrogens is 2. The molecule has 0 saturated heterocycles. The van der Waals surface area contributed by atoms with Crippen molar-refractivity contribution in [1.82, 2.24) is 15.5 Å². The second-order valence-corrected chi connectivity index (χ2v) is 6.03. The Bertz CT molecular complexity index is 933. The molecule has 0 atom stereocenters. The second-order valence-electron chi connectivity index (χ2n) is 6.03. The summed E-state index contributed by atoms with van der Waals surface area (Å²) in [6, 6.07) is 16.8. The first-order valence-corrected chi connectivity index (χ1v) is 9.02. The average molecular weight is 396 g/mol. The van der Waals surface area contributed by atoms with Crippen molar-refractivity contribution in [2.45, 2.75) is 6.54 Å². The number of carbonyl (C=O) groups is 1. The number of carbonyl (C=O) groups excluding carboxylic acids is 1. The molecule has 0 aliphatic carbocycles. The Balaban J connectivity index is 1.42. The predicted octanol–water partition coefficient (Wildman–Crippen LogP) is 3.05. The SMILES string of the molecule is COc1ccc(OCCNc2ccc(C(=O)NCc3ccccc3F)nn2)cc1. The van der Waals surface area contributed by atoms with E-state index in [0.29, 0.717) is 24.5 Å². The minimum atomic E-state index is -0.421. The summed E-state index contributed by atoms with van der Waals surface area (Å²) >= 11 is 0. The standard InChI is InChI=1S/C21H21FN4O3/c1-28-16-6-8-17(9-7-16)29-13-12-23-20-11-10-19(25-26-20)21(27)24-14-15-4-2-3-5-18(15)22/h2-11H,12-14H2,1H3,(H,23,26)(H,24,27). The van der Waals surface area contributed by atoms with Gasteiger partial charge in [0.05, 0.1) is 13.7 Å². The van der Waals surface area contributed by atoms with E-state index in [1.165, 1.54) is 6.07 Å². The van der Waals surface area contributed by atoms with Gasteiger partial charge in [-0.15, -0.1) is 10.2 Å². The number of methoxy groups -OCH3 is 1. The third-order valence-corrected chi connectivity index (χ3v) is 4.03. The quantitative estimate of drug-likeness (QED) is 0.541. The Labute approximate surface area is 167 Å². The van der Waals surface area contributed by atoms with E-state index < -0.39 is 5.91 Å². The van der Waals surface area contributed by atoms with Crippen molar-refractivity contribution in [3.05, 3.63) is 77.7 Å². The Hall–Kier alpha value is -3.68. The molecule has 1 amide bonds. The van der Waals surface area contributed by atoms with E-state index in [2.05, 4.69) is 20.8 Å². The lowest BCUT2D eigenvalue weighted by Gasteiger charge is -2.09. The van der Waals surface area contributed by atoms with Crippen LogP contribution in [0, 0.1) is 5.82 Å². The third kappa shape index (κ3) is 5.90. The fourth-order valence-corrected chi connectivity index (χ4v) is 2.48. The van der Waals surface area contributed by atoms with E-state index in [1.807, 2.05) is 24.3 Å². The first-order valence-electron chi connectivity index (χ1n) is 9.02. The minimum Gasteiger partial charge on any atom is -0.497 e. The van der Waals surface area contributed by atoms with Crippen molar-refractivity contribution in [2.75, 3.05) is 25.6 Å². The van der Waals surface area contributed by atoms with Gasteiger partial charge in [-0.1, -0.05) is 18.2 Å². The Morgan fingerprint density at radius 2 is 1.76 bits per heavy atom. The first-order chi connectivity index (χ1) is 14.2. The zero-order valence-electron chi connectivity index (χ0n) is 15.9. The molecule has 0 saturated carbocycles. The van der Waals surface area contributed by atoms with Crippen molar-refractivity contribution < 1.29 is 18.7 Å². The highest BCUT2D eigenvalue weighted by Crippen LogP contribution is 2.16. The molecule has 8 heteroatoms. The van der Waals surface area contributed by atoms with Crippen LogP contribution in [0.25, 0.3) is 0 Å². The summed E-state index contributed by atoms with van der Waals surface area (Å²) in [6.07, 6.45) is 0. The summed E-state index contributed by atoms with van der Waals surface area (Å²) in [5, 5.41) is 13.6. The third-order valence-electron chi connectivity index (χ3n) is 4.03. The van der Waals surface area contributed by atoms with Gasteiger partial charge in [-0.05, 0) is 42.5 Å². The lowest BCUT2D eigenvalue weighted by Crippen LogP contribution is -2.24. The number of ether oxygens (including phenoxy) is 2. The number of benzene rings is 2. The van der Waals surface area contributed by atoms with Crippen LogP contribution < -0.4 is 20.1 Å². The molecule has 3 aromatic rings. The van der Waals surface area contributed by atoms with Gasteiger partial charge in [0, 0.05) is 12.1 Å². The summed E-state index contributed by atoms with van der Waals surface area (Å²) in [6.45, 7) is 1.02. The minimum absolute atomic E-state index is 0.0793. The number of nitrogens with one attached hydrogen (secondary N) is 2. The molecule has 0 fully saturated rings. The van der Waals surface area contributed by atoms with Crippen LogP contribution in [0.5, 0.6) is 11.5 Å². The summed E-state index contributed by atoms with van der Waals surface area (Å²) in [5.41, 5.74) is 0.560. The molecule has 0 radical (unpaired) electrons. The maximum Gasteiger partial charge on any atom is 0.272 e. The molecule has 0 aliphatic heterocycles. The van der Waals surface area contributed by atoms with Gasteiger partial charge in [-0.25, -0.2) is 4.39 Å². The summed E-state index contributed by atoms with van der Waals surface area (Å²) in [5.74, 6) is 1.24. The van der Waals surface area contributed by atoms with Crippen LogP contribution in [0.3, 0.4) is 0 Å². The fourth-order valence-electron chi connectivity index (χ4n) is 2.48. The highest BCUT2D eigenvalue weighted by molar-refractivity contribution is 5.92. The largest absolute Gasteiger partial charge is 0.497 e. The van der Waals surface area contributed by atoms with Gasteiger partial charge in [0.1, 0.15) is 29.7 Å². The van der Waals surface area contributed by atoms with E-state index in [0.717, 1.165) is 11.5 Å². The lowest BCUT2D eigenvalue weighted by atomic mass is 10.2. The number of hydrogen-bond donors (Lipinski definition) is 2. The first kappa shape index (κ1) is 20.1. The summed E-state index contributed by atoms with van der Waals surface area (Å²) in [7, 11) is 1.61. The van der Waals surface area contributed by atoms with Gasteiger partial charge in [0.15, 0.2) is 5.69 Å². The molecule has 7 nitrogen and oxygen atoms in total. The number of hydrogen-bond acceptors (Lipinski definition) is 6. The highest BCUT2D eigenvalue weighted by Gasteiger charge is 2.09. The van der Waals surface area contributed by atoms with Crippen molar-refractivity contribution in [3.8, 4) is 11.5 Å². The van der Waals surface area contributed by atoms with Crippen LogP contribution in [0.15, 0.2) is 60.7 Å². The van der Waals surface area contributed by atoms with Crippen LogP contribution in [-0.4, -0.2) is 36.4 Å². The zero-order valence-corrected chi connectivity index (χ0v) is 15.9. The zero-order chi connectivity index (χ0) is 20.5. The normalized spacial score (nSPS) is 10.3. The second kappa shape index (κ2) is 10.0. The molecule has 2 aromatic carbocycles. The monoisotopic (exact) mass is 396 g/mol. The van der Waals surface area contributed by atoms with E-state index in [1.54, 1.807) is 37.4 Å². The maximum atomic E-state index is 13.6. The van der Waals surface area contributed by atoms with Crippen molar-refractivity contribution in [3.63, 3.8) is 0 Å². The summed E-state index contributed by atoms with van der Waals surface area (Å²) in [4.78, 5) is 12.1. The van der Waals surface area contributed by atoms with E-state index in [9.17, 15) is 9.18 Å². The topological polar surface area (TPSA) is 85.4 Å². The van der Waals surface area contributed by atoms with Crippen LogP contribution in [-0.2, 0) is 6.54 Å². The van der Waals surface area contributed by atoms with Gasteiger partial charge in [-0.3, -0.25) is 4.79 Å². The van der Waals surface area contributed by atoms with Gasteiger partial charge < -0.3 is 20.1 Å². The van der Waals surface area contributed by atoms with Crippen molar-refractivity contribution in [1.29, 1.82) is 0 Å². The van der Waals surface area contributed by atoms with E-state index in [-0.39, 0.29) is 18.1 Å². The molecule has 1 heterocycles. The summed E-state index contributed by atoms with van der Waals surface area (Å²) < 4.78 is 24.3. The Morgan fingerprint density at radius 3 is 2.45 bits per heavy atom. The molecular formula is C21H21FN4O3. The van der Waals surface area contributed by atoms with E-state index >= 15 is 0 Å². The molecule has 0 spiro atoms. The Kier molecular flexibility index (Phi) is 6.94. The van der Waals surface area contributed by atoms with Gasteiger partial charge >= 0.3 is 0 Å². The van der Waals surface area contributed by atoms with Gasteiger partial charge in [0.25, 0.3) is 5.91 Å². The smallest absolute Gasteiger partial charge is 0.272 e. The van der Waals surface area contributed by atoms with Gasteiger partial charge in [-0.2, -0.15) is 0 Å². The molecular weight excluding hydrogens is 375 g/mol. The number of nitrogens with zero attached hydrogens (tertiary/aromatic N) is 2. The lowest BCUT2D eigenvalue weighted by molar-refractivity contribution is 0.0944. The Morgan fingerprint density at radius 1 is 1.00 bits per heavy atom. The van der Waals surface area contributed by atoms with Crippen LogP contribution in [0.2, 0.25) is 0 Å². The van der Waals surface area contributed by atoms with Crippen LogP contribution in [0.1, 0.15) is 16.1 Å². The number of halogens is 1.